The number of amides is 1. The molecule has 2 N–H and O–H groups in total. The molecule has 0 atom stereocenters. The second-order valence-electron chi connectivity index (χ2n) is 8.26. The lowest BCUT2D eigenvalue weighted by Gasteiger charge is -2.21. The monoisotopic (exact) mass is 485 g/mol. The van der Waals surface area contributed by atoms with E-state index in [1.54, 1.807) is 25.3 Å². The summed E-state index contributed by atoms with van der Waals surface area (Å²) < 4.78 is 28.2. The number of nitro benzene ring substituents is 1. The van der Waals surface area contributed by atoms with Gasteiger partial charge in [0.05, 0.1) is 32.6 Å². The minimum absolute atomic E-state index is 0.0138. The zero-order valence-electron chi connectivity index (χ0n) is 18.4. The average Bonchev–Trinajstić information content (AvgIpc) is 3.43. The van der Waals surface area contributed by atoms with Crippen molar-refractivity contribution in [1.29, 1.82) is 0 Å². The van der Waals surface area contributed by atoms with Gasteiger partial charge in [-0.15, -0.1) is 11.3 Å². The first-order valence-corrected chi connectivity index (χ1v) is 11.4. The molecule has 34 heavy (non-hydrogen) atoms. The number of fused-ring (bicyclic) bond motifs is 1. The number of carbonyl (C=O) groups is 1. The van der Waals surface area contributed by atoms with Crippen LogP contribution in [0.1, 0.15) is 31.8 Å². The van der Waals surface area contributed by atoms with Crippen molar-refractivity contribution >= 4 is 34.0 Å². The maximum absolute atomic E-state index is 14.1. The zero-order valence-corrected chi connectivity index (χ0v) is 19.2. The summed E-state index contributed by atoms with van der Waals surface area (Å²) in [6.07, 6.45) is 1.13. The molecule has 8 nitrogen and oxygen atoms in total. The van der Waals surface area contributed by atoms with Gasteiger partial charge in [-0.05, 0) is 38.5 Å². The van der Waals surface area contributed by atoms with Gasteiger partial charge in [0.2, 0.25) is 5.91 Å². The lowest BCUT2D eigenvalue weighted by molar-refractivity contribution is -0.384. The van der Waals surface area contributed by atoms with Crippen molar-refractivity contribution in [1.82, 2.24) is 20.3 Å². The Bertz CT molecular complexity index is 1360. The van der Waals surface area contributed by atoms with Crippen molar-refractivity contribution in [2.24, 2.45) is 0 Å². The van der Waals surface area contributed by atoms with E-state index in [0.717, 1.165) is 11.3 Å². The predicted octanol–water partition coefficient (Wildman–Crippen LogP) is 4.90. The first kappa shape index (κ1) is 23.4. The number of nitro groups is 1. The predicted molar refractivity (Wildman–Crippen MR) is 125 cm³/mol. The molecule has 0 spiro atoms. The Hall–Kier alpha value is -3.73. The van der Waals surface area contributed by atoms with Crippen LogP contribution in [0.5, 0.6) is 0 Å². The minimum atomic E-state index is -1.01. The number of thiazole rings is 1. The van der Waals surface area contributed by atoms with Crippen molar-refractivity contribution < 1.29 is 18.5 Å². The number of non-ortho nitro benzene ring substituents is 1. The van der Waals surface area contributed by atoms with E-state index in [4.69, 9.17) is 0 Å². The van der Waals surface area contributed by atoms with Crippen molar-refractivity contribution in [3.8, 4) is 10.6 Å². The molecule has 0 aliphatic rings. The Labute approximate surface area is 197 Å². The Balaban J connectivity index is 1.36. The number of hydrogen-bond donors (Lipinski definition) is 2. The molecular formula is C23H21F2N5O3S. The van der Waals surface area contributed by atoms with Gasteiger partial charge in [0, 0.05) is 30.5 Å². The second kappa shape index (κ2) is 9.26. The van der Waals surface area contributed by atoms with Gasteiger partial charge in [-0.25, -0.2) is 18.7 Å². The molecule has 2 aromatic heterocycles. The summed E-state index contributed by atoms with van der Waals surface area (Å²) in [5.41, 5.74) is 0.420. The van der Waals surface area contributed by atoms with Crippen LogP contribution in [0.25, 0.3) is 21.6 Å². The number of aromatic nitrogens is 3. The fraction of sp³-hybridized carbons (Fsp3) is 0.261. The molecule has 0 saturated heterocycles. The quantitative estimate of drug-likeness (QED) is 0.209. The van der Waals surface area contributed by atoms with Crippen LogP contribution in [-0.4, -0.2) is 32.3 Å². The van der Waals surface area contributed by atoms with Crippen LogP contribution >= 0.6 is 11.3 Å². The number of carbonyl (C=O) groups excluding carboxylic acids is 1. The summed E-state index contributed by atoms with van der Waals surface area (Å²) in [6.45, 7) is 3.77. The zero-order chi connectivity index (χ0) is 24.5. The molecule has 2 aromatic carbocycles. The van der Waals surface area contributed by atoms with Crippen LogP contribution in [0.4, 0.5) is 14.5 Å². The average molecular weight is 486 g/mol. The SMILES string of the molecule is CC(C)(C(=O)NCCCc1nc2ccc([N+](=O)[O-])cc2[nH]1)c1csc(-c2c(F)cccc2F)n1. The Morgan fingerprint density at radius 2 is 1.94 bits per heavy atom. The Morgan fingerprint density at radius 1 is 1.21 bits per heavy atom. The lowest BCUT2D eigenvalue weighted by atomic mass is 9.89. The van der Waals surface area contributed by atoms with Crippen LogP contribution in [0.2, 0.25) is 0 Å². The summed E-state index contributed by atoms with van der Waals surface area (Å²) in [5.74, 6) is -1.01. The molecule has 4 aromatic rings. The smallest absolute Gasteiger partial charge is 0.271 e. The van der Waals surface area contributed by atoms with Crippen molar-refractivity contribution in [3.63, 3.8) is 0 Å². The number of nitrogens with zero attached hydrogens (tertiary/aromatic N) is 3. The first-order valence-electron chi connectivity index (χ1n) is 10.5. The fourth-order valence-corrected chi connectivity index (χ4v) is 4.49. The topological polar surface area (TPSA) is 114 Å². The molecule has 0 aliphatic heterocycles. The highest BCUT2D eigenvalue weighted by molar-refractivity contribution is 7.13. The highest BCUT2D eigenvalue weighted by Gasteiger charge is 2.32. The van der Waals surface area contributed by atoms with Crippen LogP contribution in [-0.2, 0) is 16.6 Å². The molecule has 0 aliphatic carbocycles. The van der Waals surface area contributed by atoms with Crippen molar-refractivity contribution in [2.75, 3.05) is 6.54 Å². The van der Waals surface area contributed by atoms with E-state index in [1.165, 1.54) is 30.3 Å². The highest BCUT2D eigenvalue weighted by Crippen LogP contribution is 2.33. The maximum Gasteiger partial charge on any atom is 0.271 e. The van der Waals surface area contributed by atoms with Gasteiger partial charge in [0.25, 0.3) is 5.69 Å². The number of benzene rings is 2. The Morgan fingerprint density at radius 3 is 2.65 bits per heavy atom. The highest BCUT2D eigenvalue weighted by atomic mass is 32.1. The van der Waals surface area contributed by atoms with Crippen LogP contribution in [0, 0.1) is 21.7 Å². The van der Waals surface area contributed by atoms with E-state index >= 15 is 0 Å². The molecule has 0 fully saturated rings. The Kier molecular flexibility index (Phi) is 6.38. The number of hydrogen-bond acceptors (Lipinski definition) is 6. The number of aryl methyl sites for hydroxylation is 1. The van der Waals surface area contributed by atoms with Crippen LogP contribution in [0.15, 0.2) is 41.8 Å². The number of nitrogens with one attached hydrogen (secondary N) is 2. The number of halogens is 2. The second-order valence-corrected chi connectivity index (χ2v) is 9.12. The molecule has 1 amide bonds. The summed E-state index contributed by atoms with van der Waals surface area (Å²) in [4.78, 5) is 35.1. The van der Waals surface area contributed by atoms with Gasteiger partial charge in [-0.1, -0.05) is 6.07 Å². The van der Waals surface area contributed by atoms with E-state index in [9.17, 15) is 23.7 Å². The molecule has 176 valence electrons. The molecule has 11 heteroatoms. The van der Waals surface area contributed by atoms with Gasteiger partial charge >= 0.3 is 0 Å². The van der Waals surface area contributed by atoms with E-state index in [0.29, 0.717) is 41.9 Å². The summed E-state index contributed by atoms with van der Waals surface area (Å²) in [7, 11) is 0. The van der Waals surface area contributed by atoms with Gasteiger partial charge < -0.3 is 10.3 Å². The van der Waals surface area contributed by atoms with E-state index in [2.05, 4.69) is 20.3 Å². The van der Waals surface area contributed by atoms with Gasteiger partial charge in [-0.2, -0.15) is 0 Å². The largest absolute Gasteiger partial charge is 0.355 e. The molecular weight excluding hydrogens is 464 g/mol. The first-order chi connectivity index (χ1) is 16.2. The number of imidazole rings is 1. The van der Waals surface area contributed by atoms with E-state index in [1.807, 2.05) is 0 Å². The minimum Gasteiger partial charge on any atom is -0.355 e. The molecule has 0 saturated carbocycles. The molecule has 4 rings (SSSR count). The molecule has 0 bridgehead atoms. The summed E-state index contributed by atoms with van der Waals surface area (Å²) >= 11 is 1.08. The van der Waals surface area contributed by atoms with Crippen molar-refractivity contribution in [2.45, 2.75) is 32.1 Å². The van der Waals surface area contributed by atoms with Gasteiger partial charge in [0.15, 0.2) is 0 Å². The van der Waals surface area contributed by atoms with Gasteiger partial charge in [0.1, 0.15) is 22.5 Å². The third-order valence-electron chi connectivity index (χ3n) is 5.49. The maximum atomic E-state index is 14.1. The molecule has 0 radical (unpaired) electrons. The molecule has 0 unspecified atom stereocenters. The van der Waals surface area contributed by atoms with Gasteiger partial charge in [-0.3, -0.25) is 14.9 Å². The van der Waals surface area contributed by atoms with Crippen LogP contribution < -0.4 is 5.32 Å². The summed E-state index contributed by atoms with van der Waals surface area (Å²) in [6, 6.07) is 8.05. The number of aromatic amines is 1. The van der Waals surface area contributed by atoms with Crippen LogP contribution in [0.3, 0.4) is 0 Å². The third-order valence-corrected chi connectivity index (χ3v) is 6.35. The van der Waals surface area contributed by atoms with E-state index < -0.39 is 22.0 Å². The molecule has 2 heterocycles. The van der Waals surface area contributed by atoms with E-state index in [-0.39, 0.29) is 22.2 Å². The normalized spacial score (nSPS) is 11.6. The lowest BCUT2D eigenvalue weighted by Crippen LogP contribution is -2.40. The fourth-order valence-electron chi connectivity index (χ4n) is 3.46. The number of H-pyrrole nitrogens is 1. The summed E-state index contributed by atoms with van der Waals surface area (Å²) in [5, 5.41) is 15.6. The number of rotatable bonds is 8. The van der Waals surface area contributed by atoms with Crippen molar-refractivity contribution in [3.05, 3.63) is 75.0 Å². The third kappa shape index (κ3) is 4.65. The standard InChI is InChI=1S/C23H21F2N5O3S/c1-23(2,18-12-34-21(29-18)20-14(24)5-3-6-15(20)25)22(31)26-10-4-7-19-27-16-9-8-13(30(32)33)11-17(16)28-19/h3,5-6,8-9,11-12H,4,7,10H2,1-2H3,(H,26,31)(H,27,28).